The molecule has 1 aromatic heterocycles. The summed E-state index contributed by atoms with van der Waals surface area (Å²) in [5.74, 6) is 0.328. The van der Waals surface area contributed by atoms with Crippen LogP contribution in [0.4, 0.5) is 11.5 Å². The van der Waals surface area contributed by atoms with Crippen molar-refractivity contribution < 1.29 is 4.92 Å². The Hall–Kier alpha value is -1.30. The Morgan fingerprint density at radius 3 is 2.88 bits per heavy atom. The molecule has 16 heavy (non-hydrogen) atoms. The van der Waals surface area contributed by atoms with Crippen LogP contribution >= 0.6 is 11.8 Å². The van der Waals surface area contributed by atoms with E-state index in [1.54, 1.807) is 24.0 Å². The van der Waals surface area contributed by atoms with Crippen molar-refractivity contribution in [3.05, 3.63) is 28.4 Å². The van der Waals surface area contributed by atoms with Gasteiger partial charge in [0.2, 0.25) is 5.82 Å². The van der Waals surface area contributed by atoms with Crippen molar-refractivity contribution in [2.75, 3.05) is 18.1 Å². The molecule has 0 radical (unpaired) electrons. The molecule has 0 saturated heterocycles. The fourth-order valence-electron chi connectivity index (χ4n) is 1.05. The predicted octanol–water partition coefficient (Wildman–Crippen LogP) is 2.54. The molecule has 5 nitrogen and oxygen atoms in total. The van der Waals surface area contributed by atoms with E-state index in [9.17, 15) is 10.1 Å². The number of pyridine rings is 1. The van der Waals surface area contributed by atoms with Crippen molar-refractivity contribution in [3.8, 4) is 0 Å². The molecule has 0 saturated carbocycles. The Morgan fingerprint density at radius 2 is 2.31 bits per heavy atom. The molecule has 1 rings (SSSR count). The van der Waals surface area contributed by atoms with Crippen LogP contribution in [-0.4, -0.2) is 27.5 Å². The van der Waals surface area contributed by atoms with Crippen LogP contribution in [0.15, 0.2) is 18.3 Å². The number of nitro groups is 1. The Morgan fingerprint density at radius 1 is 1.62 bits per heavy atom. The molecule has 6 heteroatoms. The highest BCUT2D eigenvalue weighted by Gasteiger charge is 2.19. The average Bonchev–Trinajstić information content (AvgIpc) is 2.27. The van der Waals surface area contributed by atoms with Crippen molar-refractivity contribution in [2.45, 2.75) is 18.6 Å². The molecule has 1 heterocycles. The fraction of sp³-hybridized carbons (Fsp3) is 0.500. The molecule has 0 unspecified atom stereocenters. The normalized spacial score (nSPS) is 11.2. The molecular weight excluding hydrogens is 226 g/mol. The van der Waals surface area contributed by atoms with Crippen LogP contribution in [0, 0.1) is 10.1 Å². The van der Waals surface area contributed by atoms with Gasteiger partial charge in [-0.1, -0.05) is 0 Å². The van der Waals surface area contributed by atoms with Crippen LogP contribution in [-0.2, 0) is 0 Å². The summed E-state index contributed by atoms with van der Waals surface area (Å²) in [7, 11) is 0. The van der Waals surface area contributed by atoms with Gasteiger partial charge in [-0.05, 0) is 26.2 Å². The number of hydrogen-bond donors (Lipinski definition) is 1. The van der Waals surface area contributed by atoms with Crippen LogP contribution in [0.2, 0.25) is 0 Å². The highest BCUT2D eigenvalue weighted by Crippen LogP contribution is 2.24. The second kappa shape index (κ2) is 5.16. The summed E-state index contributed by atoms with van der Waals surface area (Å²) >= 11 is 1.70. The lowest BCUT2D eigenvalue weighted by molar-refractivity contribution is -0.384. The van der Waals surface area contributed by atoms with E-state index in [2.05, 4.69) is 24.1 Å². The molecule has 0 aliphatic heterocycles. The van der Waals surface area contributed by atoms with Gasteiger partial charge in [-0.3, -0.25) is 10.1 Å². The molecule has 0 aliphatic rings. The molecule has 1 aromatic rings. The minimum atomic E-state index is -0.429. The first-order valence-electron chi connectivity index (χ1n) is 4.85. The van der Waals surface area contributed by atoms with Crippen molar-refractivity contribution >= 4 is 23.3 Å². The number of thioether (sulfide) groups is 1. The summed E-state index contributed by atoms with van der Waals surface area (Å²) in [6.07, 6.45) is 3.55. The number of nitrogens with one attached hydrogen (secondary N) is 1. The third kappa shape index (κ3) is 3.37. The molecule has 0 aliphatic carbocycles. The summed E-state index contributed by atoms with van der Waals surface area (Å²) in [5.41, 5.74) is 0.0133. The van der Waals surface area contributed by atoms with Gasteiger partial charge >= 0.3 is 5.69 Å². The lowest BCUT2D eigenvalue weighted by atomic mass is 10.2. The smallest absolute Gasteiger partial charge is 0.311 e. The maximum Gasteiger partial charge on any atom is 0.311 e. The minimum Gasteiger partial charge on any atom is -0.363 e. The third-order valence-electron chi connectivity index (χ3n) is 2.22. The molecule has 0 spiro atoms. The van der Waals surface area contributed by atoms with Gasteiger partial charge in [-0.15, -0.1) is 0 Å². The largest absolute Gasteiger partial charge is 0.363 e. The zero-order valence-electron chi connectivity index (χ0n) is 9.56. The summed E-state index contributed by atoms with van der Waals surface area (Å²) in [6.45, 7) is 4.77. The zero-order valence-corrected chi connectivity index (χ0v) is 10.4. The van der Waals surface area contributed by atoms with Crippen LogP contribution < -0.4 is 5.32 Å². The molecular formula is C10H15N3O2S. The van der Waals surface area contributed by atoms with Gasteiger partial charge in [0.05, 0.1) is 4.92 Å². The third-order valence-corrected chi connectivity index (χ3v) is 3.47. The first-order chi connectivity index (χ1) is 7.46. The van der Waals surface area contributed by atoms with Crippen molar-refractivity contribution in [1.82, 2.24) is 4.98 Å². The Bertz CT molecular complexity index is 382. The van der Waals surface area contributed by atoms with Crippen LogP contribution in [0.25, 0.3) is 0 Å². The molecule has 1 N–H and O–H groups in total. The number of rotatable bonds is 5. The second-order valence-corrected chi connectivity index (χ2v) is 5.46. The topological polar surface area (TPSA) is 68.1 Å². The molecule has 0 bridgehead atoms. The van der Waals surface area contributed by atoms with Gasteiger partial charge in [0.15, 0.2) is 0 Å². The number of aromatic nitrogens is 1. The van der Waals surface area contributed by atoms with Gasteiger partial charge in [0.1, 0.15) is 0 Å². The van der Waals surface area contributed by atoms with Crippen LogP contribution in [0.3, 0.4) is 0 Å². The monoisotopic (exact) mass is 241 g/mol. The van der Waals surface area contributed by atoms with Gasteiger partial charge in [-0.25, -0.2) is 4.98 Å². The predicted molar refractivity (Wildman–Crippen MR) is 67.0 cm³/mol. The highest BCUT2D eigenvalue weighted by atomic mass is 32.2. The van der Waals surface area contributed by atoms with Crippen molar-refractivity contribution in [3.63, 3.8) is 0 Å². The number of nitrogens with zero attached hydrogens (tertiary/aromatic N) is 2. The molecule has 0 aromatic carbocycles. The van der Waals surface area contributed by atoms with E-state index < -0.39 is 4.92 Å². The van der Waals surface area contributed by atoms with Gasteiger partial charge in [-0.2, -0.15) is 11.8 Å². The van der Waals surface area contributed by atoms with Crippen molar-refractivity contribution in [2.24, 2.45) is 0 Å². The molecule has 0 amide bonds. The lowest BCUT2D eigenvalue weighted by Crippen LogP contribution is -2.26. The molecule has 0 fully saturated rings. The van der Waals surface area contributed by atoms with E-state index in [0.717, 1.165) is 0 Å². The summed E-state index contributed by atoms with van der Waals surface area (Å²) < 4.78 is 0.0192. The minimum absolute atomic E-state index is 0.0133. The maximum atomic E-state index is 10.7. The zero-order chi connectivity index (χ0) is 12.2. The first kappa shape index (κ1) is 12.8. The first-order valence-corrected chi connectivity index (χ1v) is 6.07. The fourth-order valence-corrected chi connectivity index (χ4v) is 1.27. The van der Waals surface area contributed by atoms with Gasteiger partial charge in [0, 0.05) is 23.6 Å². The van der Waals surface area contributed by atoms with Gasteiger partial charge in [0.25, 0.3) is 0 Å². The SMILES string of the molecule is CSC(C)(C)CNc1ncccc1[N+](=O)[O-]. The van der Waals surface area contributed by atoms with Crippen LogP contribution in [0.5, 0.6) is 0 Å². The highest BCUT2D eigenvalue weighted by molar-refractivity contribution is 7.99. The molecule has 88 valence electrons. The standard InChI is InChI=1S/C10H15N3O2S/c1-10(2,16-3)7-12-9-8(13(14)15)5-4-6-11-9/h4-6H,7H2,1-3H3,(H,11,12). The van der Waals surface area contributed by atoms with E-state index in [-0.39, 0.29) is 10.4 Å². The van der Waals surface area contributed by atoms with E-state index in [1.807, 2.05) is 6.26 Å². The Kier molecular flexibility index (Phi) is 4.12. The number of anilines is 1. The number of hydrogen-bond acceptors (Lipinski definition) is 5. The second-order valence-electron chi connectivity index (χ2n) is 3.95. The Balaban J connectivity index is 2.78. The Labute approximate surface area is 98.8 Å². The van der Waals surface area contributed by atoms with E-state index in [4.69, 9.17) is 0 Å². The van der Waals surface area contributed by atoms with E-state index in [1.165, 1.54) is 6.07 Å². The maximum absolute atomic E-state index is 10.7. The van der Waals surface area contributed by atoms with E-state index in [0.29, 0.717) is 12.4 Å². The summed E-state index contributed by atoms with van der Waals surface area (Å²) in [5, 5.41) is 13.7. The lowest BCUT2D eigenvalue weighted by Gasteiger charge is -2.22. The average molecular weight is 241 g/mol. The summed E-state index contributed by atoms with van der Waals surface area (Å²) in [6, 6.07) is 3.00. The van der Waals surface area contributed by atoms with E-state index >= 15 is 0 Å². The quantitative estimate of drug-likeness (QED) is 0.633. The van der Waals surface area contributed by atoms with Crippen molar-refractivity contribution in [1.29, 1.82) is 0 Å². The van der Waals surface area contributed by atoms with Gasteiger partial charge < -0.3 is 5.32 Å². The summed E-state index contributed by atoms with van der Waals surface area (Å²) in [4.78, 5) is 14.3. The van der Waals surface area contributed by atoms with Crippen LogP contribution in [0.1, 0.15) is 13.8 Å². The molecule has 0 atom stereocenters.